The van der Waals surface area contributed by atoms with Gasteiger partial charge in [0, 0.05) is 39.2 Å². The highest BCUT2D eigenvalue weighted by atomic mass is 28.3. The Balaban J connectivity index is 1.43. The molecule has 0 radical (unpaired) electrons. The van der Waals surface area contributed by atoms with Crippen molar-refractivity contribution < 1.29 is 0 Å². The fourth-order valence-electron chi connectivity index (χ4n) is 6.76. The third-order valence-electron chi connectivity index (χ3n) is 8.68. The predicted octanol–water partition coefficient (Wildman–Crippen LogP) is 6.25. The van der Waals surface area contributed by atoms with Crippen LogP contribution in [0, 0.1) is 6.92 Å². The third kappa shape index (κ3) is 4.13. The molecule has 0 fully saturated rings. The molecule has 0 aliphatic rings. The van der Waals surface area contributed by atoms with Gasteiger partial charge >= 0.3 is 0 Å². The minimum Gasteiger partial charge on any atom is -0.309 e. The van der Waals surface area contributed by atoms with Crippen molar-refractivity contribution in [3.05, 3.63) is 164 Å². The number of H-pyrrole nitrogens is 1. The van der Waals surface area contributed by atoms with E-state index in [4.69, 9.17) is 4.98 Å². The van der Waals surface area contributed by atoms with Crippen LogP contribution in [0.3, 0.4) is 0 Å². The maximum Gasteiger partial charge on any atom is 0.201 e. The van der Waals surface area contributed by atoms with Crippen molar-refractivity contribution in [2.75, 3.05) is 0 Å². The van der Waals surface area contributed by atoms with Crippen LogP contribution in [0.4, 0.5) is 0 Å². The number of nitrogens with zero attached hydrogens (tertiary/aromatic N) is 3. The Hall–Kier alpha value is -5.52. The smallest absolute Gasteiger partial charge is 0.201 e. The monoisotopic (exact) mass is 582 g/mol. The molecule has 44 heavy (non-hydrogen) atoms. The fourth-order valence-corrected chi connectivity index (χ4v) is 11.4. The second kappa shape index (κ2) is 10.6. The van der Waals surface area contributed by atoms with Crippen LogP contribution >= 0.6 is 0 Å². The van der Waals surface area contributed by atoms with Crippen LogP contribution in [-0.4, -0.2) is 27.8 Å². The Kier molecular flexibility index (Phi) is 6.32. The van der Waals surface area contributed by atoms with Gasteiger partial charge in [0.25, 0.3) is 0 Å². The summed E-state index contributed by atoms with van der Waals surface area (Å²) in [7, 11) is -2.78. The number of aromatic nitrogens is 4. The van der Waals surface area contributed by atoms with E-state index in [0.717, 1.165) is 33.5 Å². The van der Waals surface area contributed by atoms with Crippen LogP contribution in [-0.2, 0) is 0 Å². The summed E-state index contributed by atoms with van der Waals surface area (Å²) in [4.78, 5) is 5.06. The molecule has 0 atom stereocenters. The Labute approximate surface area is 257 Å². The molecule has 3 heterocycles. The molecule has 0 aliphatic heterocycles. The quantitative estimate of drug-likeness (QED) is 0.186. The number of aryl methyl sites for hydroxylation is 1. The lowest BCUT2D eigenvalue weighted by Crippen LogP contribution is -2.75. The predicted molar refractivity (Wildman–Crippen MR) is 185 cm³/mol. The average Bonchev–Trinajstić information content (AvgIpc) is 3.67. The van der Waals surface area contributed by atoms with Crippen LogP contribution in [0.1, 0.15) is 5.69 Å². The zero-order chi connectivity index (χ0) is 29.5. The van der Waals surface area contributed by atoms with Crippen LogP contribution in [0.5, 0.6) is 0 Å². The molecule has 0 bridgehead atoms. The lowest BCUT2D eigenvalue weighted by molar-refractivity contribution is 1.05. The normalized spacial score (nSPS) is 11.8. The molecular weight excluding hydrogens is 553 g/mol. The van der Waals surface area contributed by atoms with Crippen LogP contribution in [0.25, 0.3) is 38.8 Å². The first-order valence-electron chi connectivity index (χ1n) is 14.9. The minimum absolute atomic E-state index is 0.949. The Morgan fingerprint density at radius 2 is 1.25 bits per heavy atom. The van der Waals surface area contributed by atoms with Crippen molar-refractivity contribution in [2.45, 2.75) is 6.92 Å². The van der Waals surface area contributed by atoms with Crippen molar-refractivity contribution in [3.8, 4) is 16.9 Å². The van der Waals surface area contributed by atoms with E-state index in [9.17, 15) is 0 Å². The van der Waals surface area contributed by atoms with Gasteiger partial charge in [-0.25, -0.2) is 0 Å². The van der Waals surface area contributed by atoms with E-state index in [0.29, 0.717) is 0 Å². The van der Waals surface area contributed by atoms with Crippen molar-refractivity contribution in [1.82, 2.24) is 19.7 Å². The van der Waals surface area contributed by atoms with Gasteiger partial charge in [-0.05, 0) is 64.9 Å². The van der Waals surface area contributed by atoms with Crippen molar-refractivity contribution in [3.63, 3.8) is 0 Å². The Bertz CT molecular complexity index is 2140. The van der Waals surface area contributed by atoms with E-state index in [-0.39, 0.29) is 0 Å². The van der Waals surface area contributed by atoms with Gasteiger partial charge in [-0.2, -0.15) is 5.10 Å². The molecule has 4 nitrogen and oxygen atoms in total. The van der Waals surface area contributed by atoms with Gasteiger partial charge in [-0.1, -0.05) is 109 Å². The van der Waals surface area contributed by atoms with Gasteiger partial charge in [-0.15, -0.1) is 0 Å². The lowest BCUT2D eigenvalue weighted by Gasteiger charge is -2.33. The number of hydrogen-bond acceptors (Lipinski definition) is 2. The standard InChI is InChI=1S/C39H30N4Si/c1-28-25-36(42-41-28)29-22-23-35-34-19-8-9-20-37(34)43(38(35)26-29)30-13-12-18-33(27-30)44(31-14-4-2-5-15-31,32-16-6-3-7-17-32)39-21-10-11-24-40-39/h2-27H,1H3,(H,41,42). The highest BCUT2D eigenvalue weighted by molar-refractivity contribution is 7.19. The summed E-state index contributed by atoms with van der Waals surface area (Å²) >= 11 is 0. The van der Waals surface area contributed by atoms with Crippen molar-refractivity contribution in [1.29, 1.82) is 0 Å². The zero-order valence-corrected chi connectivity index (χ0v) is 25.4. The minimum atomic E-state index is -2.78. The molecule has 0 spiro atoms. The highest BCUT2D eigenvalue weighted by Gasteiger charge is 2.43. The lowest BCUT2D eigenvalue weighted by atomic mass is 10.1. The number of aromatic amines is 1. The summed E-state index contributed by atoms with van der Waals surface area (Å²) < 4.78 is 2.41. The summed E-state index contributed by atoms with van der Waals surface area (Å²) in [5, 5.41) is 15.1. The summed E-state index contributed by atoms with van der Waals surface area (Å²) in [5.74, 6) is 0. The molecule has 5 heteroatoms. The van der Waals surface area contributed by atoms with E-state index in [1.807, 2.05) is 19.2 Å². The molecule has 0 aliphatic carbocycles. The summed E-state index contributed by atoms with van der Waals surface area (Å²) in [6, 6.07) is 54.8. The van der Waals surface area contributed by atoms with Gasteiger partial charge in [0.1, 0.15) is 0 Å². The second-order valence-electron chi connectivity index (χ2n) is 11.3. The number of pyridine rings is 1. The van der Waals surface area contributed by atoms with E-state index >= 15 is 0 Å². The molecule has 5 aromatic carbocycles. The van der Waals surface area contributed by atoms with Gasteiger partial charge < -0.3 is 4.57 Å². The molecule has 0 saturated heterocycles. The van der Waals surface area contributed by atoms with Gasteiger partial charge in [-0.3, -0.25) is 10.1 Å². The second-order valence-corrected chi connectivity index (χ2v) is 15.0. The Morgan fingerprint density at radius 1 is 0.568 bits per heavy atom. The molecular formula is C39H30N4Si. The largest absolute Gasteiger partial charge is 0.309 e. The molecule has 3 aromatic heterocycles. The SMILES string of the molecule is Cc1cc(-c2ccc3c4ccccc4n(-c4cccc([Si](c5ccccc5)(c5ccccc5)c5ccccn5)c4)c3c2)n[nH]1. The number of fused-ring (bicyclic) bond motifs is 3. The first-order valence-corrected chi connectivity index (χ1v) is 16.9. The molecule has 0 amide bonds. The maximum absolute atomic E-state index is 5.06. The van der Waals surface area contributed by atoms with Gasteiger partial charge in [0.15, 0.2) is 0 Å². The molecule has 8 aromatic rings. The highest BCUT2D eigenvalue weighted by Crippen LogP contribution is 2.34. The summed E-state index contributed by atoms with van der Waals surface area (Å²) in [5.41, 5.74) is 6.55. The number of hydrogen-bond donors (Lipinski definition) is 1. The Morgan fingerprint density at radius 3 is 1.95 bits per heavy atom. The van der Waals surface area contributed by atoms with Crippen molar-refractivity contribution in [2.24, 2.45) is 0 Å². The summed E-state index contributed by atoms with van der Waals surface area (Å²) in [6.07, 6.45) is 1.93. The average molecular weight is 583 g/mol. The third-order valence-corrected chi connectivity index (χ3v) is 13.3. The first kappa shape index (κ1) is 26.1. The van der Waals surface area contributed by atoms with E-state index in [1.54, 1.807) is 0 Å². The van der Waals surface area contributed by atoms with Gasteiger partial charge in [0.2, 0.25) is 8.07 Å². The van der Waals surface area contributed by atoms with Crippen molar-refractivity contribution >= 4 is 50.8 Å². The van der Waals surface area contributed by atoms with E-state index < -0.39 is 8.07 Å². The van der Waals surface area contributed by atoms with E-state index in [2.05, 4.69) is 160 Å². The maximum atomic E-state index is 5.06. The first-order chi connectivity index (χ1) is 21.7. The summed E-state index contributed by atoms with van der Waals surface area (Å²) in [6.45, 7) is 2.04. The van der Waals surface area contributed by atoms with Crippen LogP contribution < -0.4 is 20.9 Å². The fraction of sp³-hybridized carbons (Fsp3) is 0.0256. The molecule has 210 valence electrons. The number of nitrogens with one attached hydrogen (secondary N) is 1. The number of benzene rings is 5. The van der Waals surface area contributed by atoms with Gasteiger partial charge in [0.05, 0.1) is 16.7 Å². The number of rotatable bonds is 6. The van der Waals surface area contributed by atoms with Crippen LogP contribution in [0.15, 0.2) is 158 Å². The molecule has 8 rings (SSSR count). The molecule has 0 unspecified atom stereocenters. The topological polar surface area (TPSA) is 46.5 Å². The van der Waals surface area contributed by atoms with E-state index in [1.165, 1.54) is 31.8 Å². The number of para-hydroxylation sites is 1. The molecule has 0 saturated carbocycles. The zero-order valence-electron chi connectivity index (χ0n) is 24.4. The molecule has 1 N–H and O–H groups in total. The van der Waals surface area contributed by atoms with Crippen LogP contribution in [0.2, 0.25) is 0 Å².